The van der Waals surface area contributed by atoms with E-state index in [2.05, 4.69) is 21.3 Å². The molecule has 0 spiro atoms. The molecule has 146 valence electrons. The van der Waals surface area contributed by atoms with Gasteiger partial charge in [0.25, 0.3) is 5.91 Å². The molecule has 4 N–H and O–H groups in total. The van der Waals surface area contributed by atoms with Gasteiger partial charge in [0, 0.05) is 34.6 Å². The van der Waals surface area contributed by atoms with Crippen molar-refractivity contribution in [2.45, 2.75) is 32.7 Å². The van der Waals surface area contributed by atoms with E-state index in [9.17, 15) is 14.4 Å². The molecule has 1 aliphatic carbocycles. The molecule has 0 saturated heterocycles. The van der Waals surface area contributed by atoms with E-state index in [4.69, 9.17) is 0 Å². The fourth-order valence-electron chi connectivity index (χ4n) is 2.56. The molecule has 2 aromatic rings. The summed E-state index contributed by atoms with van der Waals surface area (Å²) in [6, 6.07) is 13.4. The van der Waals surface area contributed by atoms with Gasteiger partial charge in [-0.2, -0.15) is 0 Å². The molecular formula is C21H24N4O3. The summed E-state index contributed by atoms with van der Waals surface area (Å²) < 4.78 is 0. The normalized spacial score (nSPS) is 13.0. The zero-order chi connectivity index (χ0) is 20.1. The van der Waals surface area contributed by atoms with Gasteiger partial charge in [0.1, 0.15) is 0 Å². The molecule has 1 aliphatic rings. The van der Waals surface area contributed by atoms with Gasteiger partial charge in [-0.1, -0.05) is 0 Å². The second kappa shape index (κ2) is 8.56. The average Bonchev–Trinajstić information content (AvgIpc) is 3.48. The minimum Gasteiger partial charge on any atom is -0.336 e. The largest absolute Gasteiger partial charge is 0.336 e. The summed E-state index contributed by atoms with van der Waals surface area (Å²) in [7, 11) is 0. The van der Waals surface area contributed by atoms with Crippen molar-refractivity contribution < 1.29 is 14.4 Å². The van der Waals surface area contributed by atoms with Crippen LogP contribution in [0, 0.1) is 5.92 Å². The number of nitrogens with one attached hydrogen (secondary N) is 4. The van der Waals surface area contributed by atoms with Crippen molar-refractivity contribution in [2.24, 2.45) is 5.92 Å². The van der Waals surface area contributed by atoms with Gasteiger partial charge in [-0.3, -0.25) is 9.59 Å². The second-order valence-corrected chi connectivity index (χ2v) is 7.13. The summed E-state index contributed by atoms with van der Waals surface area (Å²) in [6.07, 6.45) is 1.89. The third-order valence-electron chi connectivity index (χ3n) is 4.18. The molecule has 2 aromatic carbocycles. The monoisotopic (exact) mass is 380 g/mol. The van der Waals surface area contributed by atoms with Crippen molar-refractivity contribution in [2.75, 3.05) is 16.0 Å². The lowest BCUT2D eigenvalue weighted by Gasteiger charge is -2.11. The van der Waals surface area contributed by atoms with Gasteiger partial charge >= 0.3 is 6.03 Å². The van der Waals surface area contributed by atoms with E-state index >= 15 is 0 Å². The Hall–Kier alpha value is -3.35. The number of hydrogen-bond donors (Lipinski definition) is 4. The standard InChI is InChI=1S/C21H24N4O3/c1-13(2)22-21(28)25-18-11-9-17(10-12-18)24-20(27)15-5-7-16(8-6-15)23-19(26)14-3-4-14/h5-14H,3-4H2,1-2H3,(H,23,26)(H,24,27)(H2,22,25,28). The maximum Gasteiger partial charge on any atom is 0.319 e. The van der Waals surface area contributed by atoms with Crippen LogP contribution in [0.2, 0.25) is 0 Å². The lowest BCUT2D eigenvalue weighted by atomic mass is 10.2. The van der Waals surface area contributed by atoms with E-state index in [1.807, 2.05) is 13.8 Å². The van der Waals surface area contributed by atoms with E-state index in [1.165, 1.54) is 0 Å². The Morgan fingerprint density at radius 1 is 0.786 bits per heavy atom. The van der Waals surface area contributed by atoms with Crippen LogP contribution in [0.25, 0.3) is 0 Å². The number of amides is 4. The SMILES string of the molecule is CC(C)NC(=O)Nc1ccc(NC(=O)c2ccc(NC(=O)C3CC3)cc2)cc1. The fraction of sp³-hybridized carbons (Fsp3) is 0.286. The maximum absolute atomic E-state index is 12.4. The Kier molecular flexibility index (Phi) is 5.93. The molecule has 1 fully saturated rings. The number of urea groups is 1. The van der Waals surface area contributed by atoms with E-state index in [-0.39, 0.29) is 29.8 Å². The number of carbonyl (C=O) groups is 3. The highest BCUT2D eigenvalue weighted by atomic mass is 16.2. The van der Waals surface area contributed by atoms with E-state index in [1.54, 1.807) is 48.5 Å². The van der Waals surface area contributed by atoms with E-state index < -0.39 is 0 Å². The summed E-state index contributed by atoms with van der Waals surface area (Å²) in [5.41, 5.74) is 2.42. The van der Waals surface area contributed by atoms with Gasteiger partial charge in [-0.15, -0.1) is 0 Å². The number of carbonyl (C=O) groups excluding carboxylic acids is 3. The quantitative estimate of drug-likeness (QED) is 0.613. The highest BCUT2D eigenvalue weighted by molar-refractivity contribution is 6.05. The molecule has 0 aliphatic heterocycles. The number of benzene rings is 2. The minimum atomic E-state index is -0.277. The Balaban J connectivity index is 1.53. The number of anilines is 3. The molecule has 7 nitrogen and oxygen atoms in total. The van der Waals surface area contributed by atoms with Crippen molar-refractivity contribution in [3.05, 3.63) is 54.1 Å². The first-order valence-electron chi connectivity index (χ1n) is 9.30. The fourth-order valence-corrected chi connectivity index (χ4v) is 2.56. The molecule has 3 rings (SSSR count). The minimum absolute atomic E-state index is 0.0352. The van der Waals surface area contributed by atoms with Crippen LogP contribution in [0.15, 0.2) is 48.5 Å². The molecule has 0 radical (unpaired) electrons. The zero-order valence-corrected chi connectivity index (χ0v) is 15.9. The third kappa shape index (κ3) is 5.57. The maximum atomic E-state index is 12.4. The van der Waals surface area contributed by atoms with Crippen molar-refractivity contribution in [3.63, 3.8) is 0 Å². The van der Waals surface area contributed by atoms with E-state index in [0.717, 1.165) is 12.8 Å². The van der Waals surface area contributed by atoms with Crippen LogP contribution in [0.3, 0.4) is 0 Å². The molecule has 28 heavy (non-hydrogen) atoms. The molecule has 0 heterocycles. The summed E-state index contributed by atoms with van der Waals surface area (Å²) in [5.74, 6) is -0.0804. The Bertz CT molecular complexity index is 856. The highest BCUT2D eigenvalue weighted by Crippen LogP contribution is 2.30. The molecule has 0 aromatic heterocycles. The van der Waals surface area contributed by atoms with Crippen LogP contribution >= 0.6 is 0 Å². The first kappa shape index (κ1) is 19.4. The van der Waals surface area contributed by atoms with Gasteiger partial charge in [-0.25, -0.2) is 4.79 Å². The van der Waals surface area contributed by atoms with E-state index in [0.29, 0.717) is 22.6 Å². The predicted octanol–water partition coefficient (Wildman–Crippen LogP) is 3.82. The predicted molar refractivity (Wildman–Crippen MR) is 109 cm³/mol. The Morgan fingerprint density at radius 3 is 1.82 bits per heavy atom. The highest BCUT2D eigenvalue weighted by Gasteiger charge is 2.29. The van der Waals surface area contributed by atoms with Crippen molar-refractivity contribution >= 4 is 34.9 Å². The summed E-state index contributed by atoms with van der Waals surface area (Å²) >= 11 is 0. The molecule has 7 heteroatoms. The van der Waals surface area contributed by atoms with Gasteiger partial charge in [0.2, 0.25) is 5.91 Å². The zero-order valence-electron chi connectivity index (χ0n) is 15.9. The summed E-state index contributed by atoms with van der Waals surface area (Å²) in [6.45, 7) is 3.76. The Morgan fingerprint density at radius 2 is 1.29 bits per heavy atom. The van der Waals surface area contributed by atoms with Crippen molar-refractivity contribution in [3.8, 4) is 0 Å². The Labute approximate surface area is 163 Å². The topological polar surface area (TPSA) is 99.3 Å². The molecular weight excluding hydrogens is 356 g/mol. The first-order chi connectivity index (χ1) is 13.4. The lowest BCUT2D eigenvalue weighted by molar-refractivity contribution is -0.117. The van der Waals surface area contributed by atoms with Crippen molar-refractivity contribution in [1.82, 2.24) is 5.32 Å². The van der Waals surface area contributed by atoms with Crippen LogP contribution in [-0.2, 0) is 4.79 Å². The number of hydrogen-bond acceptors (Lipinski definition) is 3. The van der Waals surface area contributed by atoms with Crippen LogP contribution < -0.4 is 21.3 Å². The summed E-state index contributed by atoms with van der Waals surface area (Å²) in [4.78, 5) is 35.8. The summed E-state index contributed by atoms with van der Waals surface area (Å²) in [5, 5.41) is 11.1. The smallest absolute Gasteiger partial charge is 0.319 e. The molecule has 0 bridgehead atoms. The number of rotatable bonds is 6. The van der Waals surface area contributed by atoms with Crippen LogP contribution in [0.5, 0.6) is 0 Å². The first-order valence-corrected chi connectivity index (χ1v) is 9.30. The van der Waals surface area contributed by atoms with Crippen LogP contribution in [0.1, 0.15) is 37.0 Å². The average molecular weight is 380 g/mol. The van der Waals surface area contributed by atoms with Gasteiger partial charge in [-0.05, 0) is 75.2 Å². The van der Waals surface area contributed by atoms with Gasteiger partial charge < -0.3 is 21.3 Å². The second-order valence-electron chi connectivity index (χ2n) is 7.13. The third-order valence-corrected chi connectivity index (χ3v) is 4.18. The van der Waals surface area contributed by atoms with Gasteiger partial charge in [0.15, 0.2) is 0 Å². The van der Waals surface area contributed by atoms with Crippen LogP contribution in [-0.4, -0.2) is 23.9 Å². The van der Waals surface area contributed by atoms with Crippen molar-refractivity contribution in [1.29, 1.82) is 0 Å². The molecule has 4 amide bonds. The lowest BCUT2D eigenvalue weighted by Crippen LogP contribution is -2.34. The molecule has 1 saturated carbocycles. The molecule has 0 atom stereocenters. The van der Waals surface area contributed by atoms with Crippen LogP contribution in [0.4, 0.5) is 21.9 Å². The van der Waals surface area contributed by atoms with Gasteiger partial charge in [0.05, 0.1) is 0 Å². The molecule has 0 unspecified atom stereocenters.